The van der Waals surface area contributed by atoms with E-state index in [1.165, 1.54) is 12.3 Å². The minimum absolute atomic E-state index is 0. The summed E-state index contributed by atoms with van der Waals surface area (Å²) < 4.78 is 60.7. The van der Waals surface area contributed by atoms with Crippen LogP contribution in [0.1, 0.15) is 17.4 Å². The van der Waals surface area contributed by atoms with E-state index in [1.807, 2.05) is 0 Å². The van der Waals surface area contributed by atoms with Crippen molar-refractivity contribution in [3.05, 3.63) is 59.1 Å². The summed E-state index contributed by atoms with van der Waals surface area (Å²) in [6, 6.07) is 2.30. The maximum Gasteiger partial charge on any atom is 0.167 e. The maximum atomic E-state index is 14.2. The molecule has 3 rings (SSSR count). The predicted molar refractivity (Wildman–Crippen MR) is 78.5 cm³/mol. The Kier molecular flexibility index (Phi) is 5.67. The zero-order valence-corrected chi connectivity index (χ0v) is 12.8. The average molecular weight is 351 g/mol. The van der Waals surface area contributed by atoms with E-state index in [4.69, 9.17) is 4.42 Å². The number of piperazine rings is 1. The van der Waals surface area contributed by atoms with Crippen molar-refractivity contribution in [2.75, 3.05) is 26.2 Å². The van der Waals surface area contributed by atoms with Crippen molar-refractivity contribution in [2.45, 2.75) is 6.04 Å². The van der Waals surface area contributed by atoms with Crippen LogP contribution < -0.4 is 5.32 Å². The first-order valence-electron chi connectivity index (χ1n) is 6.90. The molecule has 3 nitrogen and oxygen atoms in total. The number of hydrogen-bond donors (Lipinski definition) is 1. The highest BCUT2D eigenvalue weighted by atomic mass is 35.5. The van der Waals surface area contributed by atoms with Crippen molar-refractivity contribution in [3.8, 4) is 0 Å². The Bertz CT molecular complexity index is 634. The molecule has 23 heavy (non-hydrogen) atoms. The van der Waals surface area contributed by atoms with Crippen LogP contribution in [0.5, 0.6) is 0 Å². The molecule has 0 unspecified atom stereocenters. The molecule has 1 aliphatic rings. The highest BCUT2D eigenvalue weighted by molar-refractivity contribution is 5.85. The minimum Gasteiger partial charge on any atom is -0.467 e. The van der Waals surface area contributed by atoms with Gasteiger partial charge in [0.15, 0.2) is 23.3 Å². The van der Waals surface area contributed by atoms with E-state index >= 15 is 0 Å². The van der Waals surface area contributed by atoms with Gasteiger partial charge < -0.3 is 9.73 Å². The number of halogens is 5. The summed E-state index contributed by atoms with van der Waals surface area (Å²) in [4.78, 5) is 1.73. The van der Waals surface area contributed by atoms with Gasteiger partial charge in [-0.25, -0.2) is 17.6 Å². The van der Waals surface area contributed by atoms with Gasteiger partial charge in [-0.15, -0.1) is 12.4 Å². The summed E-state index contributed by atoms with van der Waals surface area (Å²) in [5.41, 5.74) is -0.658. The second kappa shape index (κ2) is 7.33. The van der Waals surface area contributed by atoms with E-state index in [9.17, 15) is 17.6 Å². The van der Waals surface area contributed by atoms with Gasteiger partial charge in [-0.1, -0.05) is 0 Å². The Morgan fingerprint density at radius 2 is 1.65 bits per heavy atom. The van der Waals surface area contributed by atoms with E-state index in [0.717, 1.165) is 0 Å². The lowest BCUT2D eigenvalue weighted by atomic mass is 10.00. The molecule has 1 atom stereocenters. The molecule has 0 bridgehead atoms. The van der Waals surface area contributed by atoms with Gasteiger partial charge in [0, 0.05) is 32.2 Å². The summed E-state index contributed by atoms with van der Waals surface area (Å²) >= 11 is 0. The third-order valence-electron chi connectivity index (χ3n) is 3.75. The van der Waals surface area contributed by atoms with Crippen molar-refractivity contribution in [3.63, 3.8) is 0 Å². The second-order valence-corrected chi connectivity index (χ2v) is 5.09. The van der Waals surface area contributed by atoms with E-state index in [1.54, 1.807) is 11.0 Å². The maximum absolute atomic E-state index is 14.2. The molecule has 2 aromatic rings. The number of nitrogens with one attached hydrogen (secondary N) is 1. The van der Waals surface area contributed by atoms with Crippen LogP contribution in [0.25, 0.3) is 0 Å². The molecule has 0 aliphatic carbocycles. The van der Waals surface area contributed by atoms with Gasteiger partial charge in [-0.05, 0) is 12.1 Å². The highest BCUT2D eigenvalue weighted by Gasteiger charge is 2.33. The standard InChI is InChI=1S/C15H14F4N2O.ClH/c16-9-8-10(17)14(19)12(13(9)18)15(11-2-1-7-22-11)21-5-3-20-4-6-21;/h1-2,7-8,15,20H,3-6H2;1H/t15-;/m0./s1. The Labute approximate surface area is 136 Å². The van der Waals surface area contributed by atoms with Crippen LogP contribution >= 0.6 is 12.4 Å². The largest absolute Gasteiger partial charge is 0.467 e. The van der Waals surface area contributed by atoms with E-state index in [-0.39, 0.29) is 24.2 Å². The lowest BCUT2D eigenvalue weighted by molar-refractivity contribution is 0.171. The first kappa shape index (κ1) is 17.8. The van der Waals surface area contributed by atoms with Gasteiger partial charge >= 0.3 is 0 Å². The van der Waals surface area contributed by atoms with Gasteiger partial charge in [-0.3, -0.25) is 4.90 Å². The van der Waals surface area contributed by atoms with Gasteiger partial charge in [0.2, 0.25) is 0 Å². The van der Waals surface area contributed by atoms with Crippen LogP contribution in [-0.4, -0.2) is 31.1 Å². The lowest BCUT2D eigenvalue weighted by Crippen LogP contribution is -2.45. The fraction of sp³-hybridized carbons (Fsp3) is 0.333. The fourth-order valence-electron chi connectivity index (χ4n) is 2.72. The molecule has 1 aliphatic heterocycles. The molecule has 0 spiro atoms. The predicted octanol–water partition coefficient (Wildman–Crippen LogP) is 3.25. The second-order valence-electron chi connectivity index (χ2n) is 5.09. The Hall–Kier alpha value is -1.57. The number of rotatable bonds is 3. The fourth-order valence-corrected chi connectivity index (χ4v) is 2.72. The third-order valence-corrected chi connectivity index (χ3v) is 3.75. The SMILES string of the molecule is Cl.Fc1cc(F)c(F)c([C@H](c2ccco2)N2CCNCC2)c1F. The molecular formula is C15H15ClF4N2O. The molecule has 126 valence electrons. The first-order chi connectivity index (χ1) is 10.6. The normalized spacial score (nSPS) is 16.9. The molecule has 0 radical (unpaired) electrons. The summed E-state index contributed by atoms with van der Waals surface area (Å²) in [6.07, 6.45) is 1.36. The van der Waals surface area contributed by atoms with Crippen LogP contribution in [0.15, 0.2) is 28.9 Å². The van der Waals surface area contributed by atoms with Crippen LogP contribution in [-0.2, 0) is 0 Å². The molecule has 1 aromatic carbocycles. The minimum atomic E-state index is -1.42. The van der Waals surface area contributed by atoms with Crippen LogP contribution in [0.2, 0.25) is 0 Å². The molecule has 1 N–H and O–H groups in total. The van der Waals surface area contributed by atoms with Crippen molar-refractivity contribution < 1.29 is 22.0 Å². The van der Waals surface area contributed by atoms with Gasteiger partial charge in [0.05, 0.1) is 17.9 Å². The molecule has 0 saturated carbocycles. The average Bonchev–Trinajstić information content (AvgIpc) is 3.04. The third kappa shape index (κ3) is 3.36. The smallest absolute Gasteiger partial charge is 0.167 e. The molecule has 0 amide bonds. The first-order valence-corrected chi connectivity index (χ1v) is 6.90. The van der Waals surface area contributed by atoms with Crippen LogP contribution in [0, 0.1) is 23.3 Å². The summed E-state index contributed by atoms with van der Waals surface area (Å²) in [6.45, 7) is 2.17. The molecule has 8 heteroatoms. The molecule has 1 saturated heterocycles. The van der Waals surface area contributed by atoms with Crippen molar-refractivity contribution >= 4 is 12.4 Å². The molecule has 1 fully saturated rings. The monoisotopic (exact) mass is 350 g/mol. The molecule has 1 aromatic heterocycles. The topological polar surface area (TPSA) is 28.4 Å². The Morgan fingerprint density at radius 1 is 1.04 bits per heavy atom. The van der Waals surface area contributed by atoms with Crippen LogP contribution in [0.3, 0.4) is 0 Å². The van der Waals surface area contributed by atoms with E-state index in [0.29, 0.717) is 26.2 Å². The number of furan rings is 1. The zero-order chi connectivity index (χ0) is 15.7. The summed E-state index contributed by atoms with van der Waals surface area (Å²) in [7, 11) is 0. The lowest BCUT2D eigenvalue weighted by Gasteiger charge is -2.34. The van der Waals surface area contributed by atoms with Crippen molar-refractivity contribution in [2.24, 2.45) is 0 Å². The molecular weight excluding hydrogens is 336 g/mol. The Morgan fingerprint density at radius 3 is 2.17 bits per heavy atom. The summed E-state index contributed by atoms with van der Waals surface area (Å²) in [5, 5.41) is 3.11. The van der Waals surface area contributed by atoms with E-state index in [2.05, 4.69) is 5.32 Å². The molecule has 2 heterocycles. The Balaban J connectivity index is 0.00000192. The van der Waals surface area contributed by atoms with Crippen molar-refractivity contribution in [1.82, 2.24) is 10.2 Å². The number of nitrogens with zero attached hydrogens (tertiary/aromatic N) is 1. The number of benzene rings is 1. The van der Waals surface area contributed by atoms with Gasteiger partial charge in [-0.2, -0.15) is 0 Å². The van der Waals surface area contributed by atoms with E-state index < -0.39 is 34.9 Å². The van der Waals surface area contributed by atoms with Gasteiger partial charge in [0.25, 0.3) is 0 Å². The summed E-state index contributed by atoms with van der Waals surface area (Å²) in [5.74, 6) is -5.37. The van der Waals surface area contributed by atoms with Gasteiger partial charge in [0.1, 0.15) is 5.76 Å². The number of hydrogen-bond acceptors (Lipinski definition) is 3. The zero-order valence-electron chi connectivity index (χ0n) is 12.0. The highest BCUT2D eigenvalue weighted by Crippen LogP contribution is 2.34. The van der Waals surface area contributed by atoms with Crippen molar-refractivity contribution in [1.29, 1.82) is 0 Å². The van der Waals surface area contributed by atoms with Crippen LogP contribution in [0.4, 0.5) is 17.6 Å². The quantitative estimate of drug-likeness (QED) is 0.680.